The summed E-state index contributed by atoms with van der Waals surface area (Å²) in [4.78, 5) is 3.13. The second-order valence-corrected chi connectivity index (χ2v) is 9.00. The molecular formula is C16H25N5O3S2. The molecule has 3 rings (SSSR count). The number of nitrogens with zero attached hydrogens (tertiary/aromatic N) is 5. The highest BCUT2D eigenvalue weighted by Gasteiger charge is 2.33. The zero-order chi connectivity index (χ0) is 18.7. The van der Waals surface area contributed by atoms with E-state index in [4.69, 9.17) is 4.42 Å². The molecule has 26 heavy (non-hydrogen) atoms. The van der Waals surface area contributed by atoms with E-state index in [9.17, 15) is 8.42 Å². The van der Waals surface area contributed by atoms with Crippen LogP contribution in [0.25, 0.3) is 10.8 Å². The van der Waals surface area contributed by atoms with Gasteiger partial charge in [-0.15, -0.1) is 21.5 Å². The summed E-state index contributed by atoms with van der Waals surface area (Å²) in [6, 6.07) is 3.85. The molecule has 10 heteroatoms. The number of aromatic nitrogens is 2. The van der Waals surface area contributed by atoms with Crippen molar-refractivity contribution in [2.75, 3.05) is 39.3 Å². The molecule has 2 aromatic rings. The Kier molecular flexibility index (Phi) is 6.08. The van der Waals surface area contributed by atoms with Crippen molar-refractivity contribution < 1.29 is 12.8 Å². The van der Waals surface area contributed by atoms with Crippen LogP contribution in [0.15, 0.2) is 21.9 Å². The molecule has 1 saturated heterocycles. The van der Waals surface area contributed by atoms with E-state index in [0.29, 0.717) is 51.0 Å². The molecule has 0 spiro atoms. The molecular weight excluding hydrogens is 374 g/mol. The van der Waals surface area contributed by atoms with Gasteiger partial charge in [-0.2, -0.15) is 17.0 Å². The minimum absolute atomic E-state index is 0.0467. The predicted molar refractivity (Wildman–Crippen MR) is 101 cm³/mol. The average molecular weight is 400 g/mol. The summed E-state index contributed by atoms with van der Waals surface area (Å²) in [6.45, 7) is 8.92. The Morgan fingerprint density at radius 1 is 1.23 bits per heavy atom. The Balaban J connectivity index is 1.63. The molecule has 144 valence electrons. The molecule has 0 aliphatic carbocycles. The summed E-state index contributed by atoms with van der Waals surface area (Å²) in [5.74, 6) is 1.10. The summed E-state index contributed by atoms with van der Waals surface area (Å²) in [7, 11) is -3.37. The lowest BCUT2D eigenvalue weighted by molar-refractivity contribution is 0.126. The zero-order valence-corrected chi connectivity index (χ0v) is 17.0. The van der Waals surface area contributed by atoms with E-state index in [-0.39, 0.29) is 6.04 Å². The standard InChI is InChI=1S/C16H25N5O3S2/c1-4-20(5-2)26(22,23)21-10-8-19(9-11-21)13(3)15-17-18-16(24-15)14-7-6-12-25-14/h6-7,12-13H,4-5,8-11H2,1-3H3/t13-/m1/s1. The second-order valence-electron chi connectivity index (χ2n) is 6.13. The smallest absolute Gasteiger partial charge is 0.282 e. The van der Waals surface area contributed by atoms with Gasteiger partial charge in [-0.25, -0.2) is 0 Å². The Labute approximate surface area is 158 Å². The van der Waals surface area contributed by atoms with Gasteiger partial charge >= 0.3 is 0 Å². The summed E-state index contributed by atoms with van der Waals surface area (Å²) in [5, 5.41) is 10.3. The molecule has 2 aromatic heterocycles. The van der Waals surface area contributed by atoms with Crippen LogP contribution in [0, 0.1) is 0 Å². The molecule has 0 unspecified atom stereocenters. The first-order valence-corrected chi connectivity index (χ1v) is 11.1. The van der Waals surface area contributed by atoms with Crippen molar-refractivity contribution in [3.63, 3.8) is 0 Å². The maximum atomic E-state index is 12.6. The number of thiophene rings is 1. The summed E-state index contributed by atoms with van der Waals surface area (Å²) >= 11 is 1.56. The molecule has 1 fully saturated rings. The second kappa shape index (κ2) is 8.13. The van der Waals surface area contributed by atoms with Gasteiger partial charge in [0.05, 0.1) is 10.9 Å². The fourth-order valence-corrected chi connectivity index (χ4v) is 5.34. The average Bonchev–Trinajstić information content (AvgIpc) is 3.33. The van der Waals surface area contributed by atoms with E-state index in [1.54, 1.807) is 15.6 Å². The van der Waals surface area contributed by atoms with Gasteiger partial charge in [0, 0.05) is 39.3 Å². The third kappa shape index (κ3) is 3.84. The van der Waals surface area contributed by atoms with Gasteiger partial charge in [-0.3, -0.25) is 4.90 Å². The normalized spacial score (nSPS) is 18.5. The van der Waals surface area contributed by atoms with E-state index in [2.05, 4.69) is 15.1 Å². The Bertz CT molecular complexity index is 794. The molecule has 1 aliphatic heterocycles. The van der Waals surface area contributed by atoms with Gasteiger partial charge in [0.25, 0.3) is 16.1 Å². The minimum atomic E-state index is -3.37. The molecule has 0 bridgehead atoms. The van der Waals surface area contributed by atoms with Crippen LogP contribution in [0.3, 0.4) is 0 Å². The van der Waals surface area contributed by atoms with Gasteiger partial charge in [-0.05, 0) is 18.4 Å². The van der Waals surface area contributed by atoms with Crippen LogP contribution < -0.4 is 0 Å². The van der Waals surface area contributed by atoms with Gasteiger partial charge in [0.15, 0.2) is 0 Å². The summed E-state index contributed by atoms with van der Waals surface area (Å²) in [6.07, 6.45) is 0. The van der Waals surface area contributed by atoms with Crippen molar-refractivity contribution in [3.8, 4) is 10.8 Å². The lowest BCUT2D eigenvalue weighted by Gasteiger charge is -2.37. The lowest BCUT2D eigenvalue weighted by Crippen LogP contribution is -2.53. The van der Waals surface area contributed by atoms with Crippen molar-refractivity contribution >= 4 is 21.5 Å². The Morgan fingerprint density at radius 3 is 2.50 bits per heavy atom. The number of hydrogen-bond donors (Lipinski definition) is 0. The maximum Gasteiger partial charge on any atom is 0.282 e. The molecule has 8 nitrogen and oxygen atoms in total. The largest absolute Gasteiger partial charge is 0.418 e. The van der Waals surface area contributed by atoms with E-state index in [0.717, 1.165) is 4.88 Å². The molecule has 0 saturated carbocycles. The first-order chi connectivity index (χ1) is 12.5. The zero-order valence-electron chi connectivity index (χ0n) is 15.3. The number of hydrogen-bond acceptors (Lipinski definition) is 7. The van der Waals surface area contributed by atoms with E-state index >= 15 is 0 Å². The van der Waals surface area contributed by atoms with Crippen LogP contribution in [0.1, 0.15) is 32.7 Å². The SMILES string of the molecule is CCN(CC)S(=O)(=O)N1CCN([C@H](C)c2nnc(-c3cccs3)o2)CC1. The highest BCUT2D eigenvalue weighted by atomic mass is 32.2. The van der Waals surface area contributed by atoms with Crippen molar-refractivity contribution in [1.29, 1.82) is 0 Å². The maximum absolute atomic E-state index is 12.6. The van der Waals surface area contributed by atoms with E-state index in [1.807, 2.05) is 38.3 Å². The van der Waals surface area contributed by atoms with Crippen molar-refractivity contribution in [2.24, 2.45) is 0 Å². The summed E-state index contributed by atoms with van der Waals surface area (Å²) in [5.41, 5.74) is 0. The molecule has 1 atom stereocenters. The fourth-order valence-electron chi connectivity index (χ4n) is 3.09. The van der Waals surface area contributed by atoms with Crippen LogP contribution >= 0.6 is 11.3 Å². The molecule has 0 aromatic carbocycles. The van der Waals surface area contributed by atoms with Gasteiger partial charge in [-0.1, -0.05) is 19.9 Å². The molecule has 3 heterocycles. The molecule has 0 amide bonds. The molecule has 0 N–H and O–H groups in total. The fraction of sp³-hybridized carbons (Fsp3) is 0.625. The van der Waals surface area contributed by atoms with Crippen LogP contribution in [0.2, 0.25) is 0 Å². The summed E-state index contributed by atoms with van der Waals surface area (Å²) < 4.78 is 34.1. The van der Waals surface area contributed by atoms with Crippen molar-refractivity contribution in [1.82, 2.24) is 23.7 Å². The van der Waals surface area contributed by atoms with Crippen LogP contribution in [-0.4, -0.2) is 71.4 Å². The number of piperazine rings is 1. The topological polar surface area (TPSA) is 82.8 Å². The van der Waals surface area contributed by atoms with Crippen molar-refractivity contribution in [2.45, 2.75) is 26.8 Å². The lowest BCUT2D eigenvalue weighted by atomic mass is 10.2. The van der Waals surface area contributed by atoms with Crippen LogP contribution in [-0.2, 0) is 10.2 Å². The highest BCUT2D eigenvalue weighted by Crippen LogP contribution is 2.27. The van der Waals surface area contributed by atoms with Gasteiger partial charge in [0.1, 0.15) is 0 Å². The quantitative estimate of drug-likeness (QED) is 0.709. The third-order valence-electron chi connectivity index (χ3n) is 4.71. The van der Waals surface area contributed by atoms with Crippen LogP contribution in [0.5, 0.6) is 0 Å². The van der Waals surface area contributed by atoms with Gasteiger partial charge < -0.3 is 4.42 Å². The van der Waals surface area contributed by atoms with E-state index < -0.39 is 10.2 Å². The monoisotopic (exact) mass is 399 g/mol. The van der Waals surface area contributed by atoms with Crippen LogP contribution in [0.4, 0.5) is 0 Å². The first-order valence-electron chi connectivity index (χ1n) is 8.83. The molecule has 1 aliphatic rings. The first kappa shape index (κ1) is 19.4. The molecule has 0 radical (unpaired) electrons. The number of rotatable bonds is 7. The van der Waals surface area contributed by atoms with Gasteiger partial charge in [0.2, 0.25) is 5.89 Å². The minimum Gasteiger partial charge on any atom is -0.418 e. The van der Waals surface area contributed by atoms with Crippen molar-refractivity contribution in [3.05, 3.63) is 23.4 Å². The predicted octanol–water partition coefficient (Wildman–Crippen LogP) is 2.06. The third-order valence-corrected chi connectivity index (χ3v) is 7.75. The Hall–Kier alpha value is -1.33. The highest BCUT2D eigenvalue weighted by molar-refractivity contribution is 7.86. The Morgan fingerprint density at radius 2 is 1.92 bits per heavy atom. The van der Waals surface area contributed by atoms with E-state index in [1.165, 1.54) is 4.31 Å².